The van der Waals surface area contributed by atoms with Gasteiger partial charge in [0.05, 0.1) is 6.20 Å². The molecular formula is C16H13BrFN5. The lowest BCUT2D eigenvalue weighted by atomic mass is 10.2. The van der Waals surface area contributed by atoms with E-state index in [2.05, 4.69) is 41.7 Å². The molecule has 23 heavy (non-hydrogen) atoms. The third kappa shape index (κ3) is 4.01. The first-order chi connectivity index (χ1) is 11.1. The van der Waals surface area contributed by atoms with Gasteiger partial charge in [0.25, 0.3) is 0 Å². The molecule has 2 aromatic carbocycles. The monoisotopic (exact) mass is 373 g/mol. The summed E-state index contributed by atoms with van der Waals surface area (Å²) in [5.74, 6) is 0.586. The molecule has 5 nitrogen and oxygen atoms in total. The molecule has 0 aliphatic carbocycles. The topological polar surface area (TPSA) is 62.7 Å². The molecular weight excluding hydrogens is 361 g/mol. The number of anilines is 4. The Kier molecular flexibility index (Phi) is 4.47. The Morgan fingerprint density at radius 2 is 1.74 bits per heavy atom. The van der Waals surface area contributed by atoms with Crippen molar-refractivity contribution in [2.24, 2.45) is 0 Å². The SMILES string of the molecule is Cc1ccc(Nc2cnnc(Nc3ccc(F)cc3)n2)cc1Br. The summed E-state index contributed by atoms with van der Waals surface area (Å²) < 4.78 is 13.9. The Hall–Kier alpha value is -2.54. The van der Waals surface area contributed by atoms with E-state index >= 15 is 0 Å². The number of nitrogens with one attached hydrogen (secondary N) is 2. The predicted octanol–water partition coefficient (Wildman–Crippen LogP) is 4.57. The van der Waals surface area contributed by atoms with Gasteiger partial charge in [0.1, 0.15) is 5.82 Å². The summed E-state index contributed by atoms with van der Waals surface area (Å²) >= 11 is 3.49. The van der Waals surface area contributed by atoms with Crippen LogP contribution in [0.2, 0.25) is 0 Å². The smallest absolute Gasteiger partial charge is 0.249 e. The van der Waals surface area contributed by atoms with E-state index in [-0.39, 0.29) is 5.82 Å². The number of hydrogen-bond donors (Lipinski definition) is 2. The van der Waals surface area contributed by atoms with E-state index in [0.717, 1.165) is 15.7 Å². The fourth-order valence-electron chi connectivity index (χ4n) is 1.90. The van der Waals surface area contributed by atoms with E-state index < -0.39 is 0 Å². The molecule has 2 N–H and O–H groups in total. The highest BCUT2D eigenvalue weighted by Crippen LogP contribution is 2.23. The summed E-state index contributed by atoms with van der Waals surface area (Å²) in [6.07, 6.45) is 1.53. The minimum Gasteiger partial charge on any atom is -0.339 e. The lowest BCUT2D eigenvalue weighted by molar-refractivity contribution is 0.628. The Morgan fingerprint density at radius 1 is 1.00 bits per heavy atom. The van der Waals surface area contributed by atoms with Gasteiger partial charge in [-0.1, -0.05) is 22.0 Å². The average molecular weight is 374 g/mol. The van der Waals surface area contributed by atoms with E-state index in [4.69, 9.17) is 0 Å². The highest BCUT2D eigenvalue weighted by Gasteiger charge is 2.03. The minimum absolute atomic E-state index is 0.296. The highest BCUT2D eigenvalue weighted by atomic mass is 79.9. The van der Waals surface area contributed by atoms with E-state index in [1.165, 1.54) is 18.3 Å². The summed E-state index contributed by atoms with van der Waals surface area (Å²) in [6, 6.07) is 11.9. The summed E-state index contributed by atoms with van der Waals surface area (Å²) in [4.78, 5) is 4.33. The van der Waals surface area contributed by atoms with Crippen molar-refractivity contribution in [2.45, 2.75) is 6.92 Å². The van der Waals surface area contributed by atoms with Crippen LogP contribution in [0.5, 0.6) is 0 Å². The fraction of sp³-hybridized carbons (Fsp3) is 0.0625. The molecule has 0 saturated heterocycles. The summed E-state index contributed by atoms with van der Waals surface area (Å²) in [7, 11) is 0. The highest BCUT2D eigenvalue weighted by molar-refractivity contribution is 9.10. The van der Waals surface area contributed by atoms with Crippen LogP contribution in [0, 0.1) is 12.7 Å². The van der Waals surface area contributed by atoms with Crippen molar-refractivity contribution in [3.63, 3.8) is 0 Å². The molecule has 0 fully saturated rings. The zero-order valence-electron chi connectivity index (χ0n) is 12.2. The normalized spacial score (nSPS) is 10.4. The van der Waals surface area contributed by atoms with Crippen molar-refractivity contribution >= 4 is 39.1 Å². The van der Waals surface area contributed by atoms with Crippen LogP contribution in [0.1, 0.15) is 5.56 Å². The Morgan fingerprint density at radius 3 is 2.48 bits per heavy atom. The molecule has 0 bridgehead atoms. The molecule has 1 heterocycles. The summed E-state index contributed by atoms with van der Waals surface area (Å²) in [5, 5.41) is 14.0. The zero-order valence-corrected chi connectivity index (χ0v) is 13.8. The maximum absolute atomic E-state index is 12.9. The first-order valence-electron chi connectivity index (χ1n) is 6.86. The van der Waals surface area contributed by atoms with Gasteiger partial charge in [-0.05, 0) is 48.9 Å². The number of halogens is 2. The van der Waals surface area contributed by atoms with Gasteiger partial charge in [0.2, 0.25) is 5.95 Å². The molecule has 0 aliphatic heterocycles. The second-order valence-electron chi connectivity index (χ2n) is 4.89. The van der Waals surface area contributed by atoms with Crippen molar-refractivity contribution in [3.8, 4) is 0 Å². The number of nitrogens with zero attached hydrogens (tertiary/aromatic N) is 3. The van der Waals surface area contributed by atoms with E-state index in [1.807, 2.05) is 25.1 Å². The molecule has 0 aliphatic rings. The van der Waals surface area contributed by atoms with Crippen LogP contribution >= 0.6 is 15.9 Å². The third-order valence-corrected chi connectivity index (χ3v) is 3.96. The average Bonchev–Trinajstić information content (AvgIpc) is 2.54. The molecule has 1 aromatic heterocycles. The predicted molar refractivity (Wildman–Crippen MR) is 91.7 cm³/mol. The number of rotatable bonds is 4. The van der Waals surface area contributed by atoms with Gasteiger partial charge in [-0.15, -0.1) is 5.10 Å². The van der Waals surface area contributed by atoms with Gasteiger partial charge in [0, 0.05) is 15.8 Å². The van der Waals surface area contributed by atoms with Crippen molar-refractivity contribution < 1.29 is 4.39 Å². The van der Waals surface area contributed by atoms with Gasteiger partial charge < -0.3 is 10.6 Å². The number of benzene rings is 2. The van der Waals surface area contributed by atoms with Crippen molar-refractivity contribution in [2.75, 3.05) is 10.6 Å². The van der Waals surface area contributed by atoms with Gasteiger partial charge in [0.15, 0.2) is 5.82 Å². The van der Waals surface area contributed by atoms with Crippen LogP contribution in [-0.2, 0) is 0 Å². The molecule has 3 aromatic rings. The van der Waals surface area contributed by atoms with Crippen LogP contribution < -0.4 is 10.6 Å². The van der Waals surface area contributed by atoms with Gasteiger partial charge in [-0.2, -0.15) is 10.1 Å². The minimum atomic E-state index is -0.296. The maximum atomic E-state index is 12.9. The van der Waals surface area contributed by atoms with Gasteiger partial charge in [-0.25, -0.2) is 4.39 Å². The van der Waals surface area contributed by atoms with Crippen molar-refractivity contribution in [1.82, 2.24) is 15.2 Å². The Bertz CT molecular complexity index is 823. The van der Waals surface area contributed by atoms with Gasteiger partial charge in [-0.3, -0.25) is 0 Å². The standard InChI is InChI=1S/C16H13BrFN5/c1-10-2-5-13(8-14(10)17)20-15-9-19-23-16(22-15)21-12-6-3-11(18)4-7-12/h2-9H,1H3,(H2,20,21,22,23). The molecule has 116 valence electrons. The quantitative estimate of drug-likeness (QED) is 0.701. The summed E-state index contributed by atoms with van der Waals surface area (Å²) in [6.45, 7) is 2.02. The molecule has 7 heteroatoms. The maximum Gasteiger partial charge on any atom is 0.249 e. The lowest BCUT2D eigenvalue weighted by Gasteiger charge is -2.08. The molecule has 0 atom stereocenters. The molecule has 3 rings (SSSR count). The zero-order chi connectivity index (χ0) is 16.2. The third-order valence-electron chi connectivity index (χ3n) is 3.10. The number of aromatic nitrogens is 3. The molecule has 0 spiro atoms. The van der Waals surface area contributed by atoms with E-state index in [9.17, 15) is 4.39 Å². The number of hydrogen-bond acceptors (Lipinski definition) is 5. The van der Waals surface area contributed by atoms with Crippen LogP contribution in [0.3, 0.4) is 0 Å². The Labute approximate surface area is 141 Å². The largest absolute Gasteiger partial charge is 0.339 e. The van der Waals surface area contributed by atoms with E-state index in [1.54, 1.807) is 12.1 Å². The van der Waals surface area contributed by atoms with Crippen LogP contribution in [0.4, 0.5) is 27.5 Å². The first-order valence-corrected chi connectivity index (χ1v) is 7.65. The second-order valence-corrected chi connectivity index (χ2v) is 5.74. The fourth-order valence-corrected chi connectivity index (χ4v) is 2.28. The van der Waals surface area contributed by atoms with Crippen LogP contribution in [-0.4, -0.2) is 15.2 Å². The molecule has 0 unspecified atom stereocenters. The molecule has 0 amide bonds. The lowest BCUT2D eigenvalue weighted by Crippen LogP contribution is -2.02. The number of aryl methyl sites for hydroxylation is 1. The van der Waals surface area contributed by atoms with Crippen LogP contribution in [0.25, 0.3) is 0 Å². The summed E-state index contributed by atoms with van der Waals surface area (Å²) in [5.41, 5.74) is 2.72. The Balaban J connectivity index is 1.76. The van der Waals surface area contributed by atoms with E-state index in [0.29, 0.717) is 17.5 Å². The molecule has 0 radical (unpaired) electrons. The van der Waals surface area contributed by atoms with Gasteiger partial charge >= 0.3 is 0 Å². The van der Waals surface area contributed by atoms with Crippen molar-refractivity contribution in [1.29, 1.82) is 0 Å². The van der Waals surface area contributed by atoms with Crippen molar-refractivity contribution in [3.05, 3.63) is 64.5 Å². The first kappa shape index (κ1) is 15.4. The second kappa shape index (κ2) is 6.70. The van der Waals surface area contributed by atoms with Crippen LogP contribution in [0.15, 0.2) is 53.1 Å². The molecule has 0 saturated carbocycles.